The Hall–Kier alpha value is -2.63. The van der Waals surface area contributed by atoms with Crippen LogP contribution in [0.4, 0.5) is 0 Å². The van der Waals surface area contributed by atoms with Crippen molar-refractivity contribution in [2.45, 2.75) is 19.4 Å². The molecule has 6 heteroatoms. The normalized spacial score (nSPS) is 11.9. The van der Waals surface area contributed by atoms with E-state index < -0.39 is 12.0 Å². The molecule has 1 unspecified atom stereocenters. The number of likely N-dealkylation sites (N-methyl/N-ethyl adjacent to an activating group) is 1. The number of carbonyl (C=O) groups is 2. The minimum Gasteiger partial charge on any atom is -0.480 e. The molecule has 1 N–H and O–H groups in total. The Labute approximate surface area is 122 Å². The predicted octanol–water partition coefficient (Wildman–Crippen LogP) is 1.35. The van der Waals surface area contributed by atoms with Crippen molar-refractivity contribution in [2.24, 2.45) is 0 Å². The van der Waals surface area contributed by atoms with Crippen molar-refractivity contribution in [2.75, 3.05) is 7.05 Å². The van der Waals surface area contributed by atoms with Crippen LogP contribution in [0.2, 0.25) is 0 Å². The van der Waals surface area contributed by atoms with Gasteiger partial charge in [-0.2, -0.15) is 5.10 Å². The van der Waals surface area contributed by atoms with Crippen LogP contribution in [0.5, 0.6) is 0 Å². The number of aromatic nitrogens is 2. The van der Waals surface area contributed by atoms with Crippen LogP contribution in [0, 0.1) is 0 Å². The van der Waals surface area contributed by atoms with E-state index in [9.17, 15) is 9.59 Å². The molecule has 0 saturated carbocycles. The lowest BCUT2D eigenvalue weighted by atomic mass is 10.1. The van der Waals surface area contributed by atoms with E-state index in [1.807, 2.05) is 36.5 Å². The molecular weight excluding hydrogens is 270 g/mol. The van der Waals surface area contributed by atoms with Gasteiger partial charge in [-0.15, -0.1) is 0 Å². The summed E-state index contributed by atoms with van der Waals surface area (Å²) in [6.07, 6.45) is 3.70. The number of hydrogen-bond acceptors (Lipinski definition) is 3. The summed E-state index contributed by atoms with van der Waals surface area (Å²) in [7, 11) is 1.50. The molecular formula is C15H17N3O3. The Balaban J connectivity index is 2.03. The first-order valence-electron chi connectivity index (χ1n) is 6.56. The molecule has 1 aromatic heterocycles. The van der Waals surface area contributed by atoms with Crippen LogP contribution in [-0.2, 0) is 16.0 Å². The molecule has 2 aromatic rings. The monoisotopic (exact) mass is 287 g/mol. The molecule has 1 heterocycles. The number of carbonyl (C=O) groups excluding carboxylic acids is 1. The number of hydrogen-bond donors (Lipinski definition) is 1. The van der Waals surface area contributed by atoms with Crippen molar-refractivity contribution in [3.05, 3.63) is 48.3 Å². The van der Waals surface area contributed by atoms with Gasteiger partial charge in [0, 0.05) is 19.4 Å². The molecule has 1 aromatic carbocycles. The number of carboxylic acids is 1. The van der Waals surface area contributed by atoms with E-state index in [4.69, 9.17) is 5.11 Å². The number of nitrogens with zero attached hydrogens (tertiary/aromatic N) is 3. The lowest BCUT2D eigenvalue weighted by Gasteiger charge is -2.21. The second-order valence-corrected chi connectivity index (χ2v) is 4.81. The first kappa shape index (κ1) is 14.8. The van der Waals surface area contributed by atoms with Crippen LogP contribution in [0.1, 0.15) is 12.5 Å². The van der Waals surface area contributed by atoms with E-state index in [2.05, 4.69) is 5.10 Å². The Morgan fingerprint density at radius 2 is 2.00 bits per heavy atom. The van der Waals surface area contributed by atoms with Crippen molar-refractivity contribution in [3.8, 4) is 5.69 Å². The quantitative estimate of drug-likeness (QED) is 0.900. The molecule has 0 spiro atoms. The molecule has 0 saturated heterocycles. The van der Waals surface area contributed by atoms with E-state index in [-0.39, 0.29) is 12.3 Å². The third-order valence-corrected chi connectivity index (χ3v) is 3.39. The molecule has 21 heavy (non-hydrogen) atoms. The fourth-order valence-electron chi connectivity index (χ4n) is 1.87. The molecule has 0 aliphatic carbocycles. The Kier molecular flexibility index (Phi) is 4.37. The number of benzene rings is 1. The summed E-state index contributed by atoms with van der Waals surface area (Å²) in [5, 5.41) is 13.0. The van der Waals surface area contributed by atoms with E-state index in [0.29, 0.717) is 0 Å². The standard InChI is InChI=1S/C15H17N3O3/c1-11(15(20)21)17(2)14(19)10-12-4-6-13(7-5-12)18-9-3-8-16-18/h3-9,11H,10H2,1-2H3,(H,20,21). The van der Waals surface area contributed by atoms with E-state index in [1.54, 1.807) is 10.9 Å². The van der Waals surface area contributed by atoms with Crippen molar-refractivity contribution in [1.82, 2.24) is 14.7 Å². The molecule has 1 amide bonds. The molecule has 0 fully saturated rings. The van der Waals surface area contributed by atoms with Gasteiger partial charge in [0.05, 0.1) is 12.1 Å². The molecule has 0 bridgehead atoms. The van der Waals surface area contributed by atoms with Crippen LogP contribution in [0.25, 0.3) is 5.69 Å². The zero-order valence-electron chi connectivity index (χ0n) is 11.9. The average molecular weight is 287 g/mol. The highest BCUT2D eigenvalue weighted by molar-refractivity contribution is 5.84. The first-order chi connectivity index (χ1) is 9.99. The van der Waals surface area contributed by atoms with Gasteiger partial charge in [-0.3, -0.25) is 4.79 Å². The average Bonchev–Trinajstić information content (AvgIpc) is 3.00. The molecule has 0 aliphatic rings. The summed E-state index contributed by atoms with van der Waals surface area (Å²) in [5.41, 5.74) is 1.74. The third kappa shape index (κ3) is 3.47. The Morgan fingerprint density at radius 1 is 1.33 bits per heavy atom. The van der Waals surface area contributed by atoms with Gasteiger partial charge in [-0.05, 0) is 30.7 Å². The van der Waals surface area contributed by atoms with Gasteiger partial charge in [0.2, 0.25) is 5.91 Å². The smallest absolute Gasteiger partial charge is 0.326 e. The van der Waals surface area contributed by atoms with E-state index in [1.165, 1.54) is 18.9 Å². The SMILES string of the molecule is CC(C(=O)O)N(C)C(=O)Cc1ccc(-n2cccn2)cc1. The van der Waals surface area contributed by atoms with Crippen LogP contribution in [0.3, 0.4) is 0 Å². The maximum Gasteiger partial charge on any atom is 0.326 e. The zero-order chi connectivity index (χ0) is 15.4. The molecule has 0 aliphatic heterocycles. The summed E-state index contributed by atoms with van der Waals surface area (Å²) in [5.74, 6) is -1.24. The number of carboxylic acid groups (broad SMARTS) is 1. The van der Waals surface area contributed by atoms with Crippen LogP contribution < -0.4 is 0 Å². The van der Waals surface area contributed by atoms with Crippen molar-refractivity contribution in [1.29, 1.82) is 0 Å². The van der Waals surface area contributed by atoms with Gasteiger partial charge in [0.15, 0.2) is 0 Å². The number of aliphatic carboxylic acids is 1. The summed E-state index contributed by atoms with van der Waals surface area (Å²) in [6, 6.07) is 8.43. The van der Waals surface area contributed by atoms with Crippen LogP contribution >= 0.6 is 0 Å². The minimum atomic E-state index is -1.01. The van der Waals surface area contributed by atoms with E-state index in [0.717, 1.165) is 11.3 Å². The Morgan fingerprint density at radius 3 is 2.52 bits per heavy atom. The van der Waals surface area contributed by atoms with Crippen LogP contribution in [0.15, 0.2) is 42.7 Å². The second kappa shape index (κ2) is 6.21. The molecule has 1 atom stereocenters. The lowest BCUT2D eigenvalue weighted by molar-refractivity contribution is -0.147. The van der Waals surface area contributed by atoms with Gasteiger partial charge in [-0.25, -0.2) is 9.48 Å². The highest BCUT2D eigenvalue weighted by Crippen LogP contribution is 2.10. The van der Waals surface area contributed by atoms with Crippen LogP contribution in [-0.4, -0.2) is 44.8 Å². The largest absolute Gasteiger partial charge is 0.480 e. The topological polar surface area (TPSA) is 75.4 Å². The number of amides is 1. The number of rotatable bonds is 5. The highest BCUT2D eigenvalue weighted by atomic mass is 16.4. The fourth-order valence-corrected chi connectivity index (χ4v) is 1.87. The van der Waals surface area contributed by atoms with Crippen molar-refractivity contribution in [3.63, 3.8) is 0 Å². The predicted molar refractivity (Wildman–Crippen MR) is 77.1 cm³/mol. The summed E-state index contributed by atoms with van der Waals surface area (Å²) in [4.78, 5) is 24.1. The summed E-state index contributed by atoms with van der Waals surface area (Å²) < 4.78 is 1.73. The highest BCUT2D eigenvalue weighted by Gasteiger charge is 2.21. The molecule has 2 rings (SSSR count). The fraction of sp³-hybridized carbons (Fsp3) is 0.267. The molecule has 0 radical (unpaired) electrons. The van der Waals surface area contributed by atoms with Gasteiger partial charge in [0.25, 0.3) is 0 Å². The summed E-state index contributed by atoms with van der Waals surface area (Å²) in [6.45, 7) is 1.49. The maximum absolute atomic E-state index is 12.0. The first-order valence-corrected chi connectivity index (χ1v) is 6.56. The van der Waals surface area contributed by atoms with Crippen molar-refractivity contribution < 1.29 is 14.7 Å². The van der Waals surface area contributed by atoms with Gasteiger partial charge < -0.3 is 10.0 Å². The third-order valence-electron chi connectivity index (χ3n) is 3.39. The van der Waals surface area contributed by atoms with Crippen molar-refractivity contribution >= 4 is 11.9 Å². The van der Waals surface area contributed by atoms with Gasteiger partial charge >= 0.3 is 5.97 Å². The lowest BCUT2D eigenvalue weighted by Crippen LogP contribution is -2.41. The van der Waals surface area contributed by atoms with Gasteiger partial charge in [0.1, 0.15) is 6.04 Å². The Bertz CT molecular complexity index is 620. The molecule has 110 valence electrons. The zero-order valence-corrected chi connectivity index (χ0v) is 11.9. The van der Waals surface area contributed by atoms with Gasteiger partial charge in [-0.1, -0.05) is 12.1 Å². The molecule has 6 nitrogen and oxygen atoms in total. The minimum absolute atomic E-state index is 0.174. The maximum atomic E-state index is 12.0. The summed E-state index contributed by atoms with van der Waals surface area (Å²) >= 11 is 0. The second-order valence-electron chi connectivity index (χ2n) is 4.81. The van der Waals surface area contributed by atoms with E-state index >= 15 is 0 Å².